The summed E-state index contributed by atoms with van der Waals surface area (Å²) in [6.07, 6.45) is 1.40. The molecule has 3 heterocycles. The molecule has 0 saturated carbocycles. The minimum absolute atomic E-state index is 0.292. The number of nitrogens with one attached hydrogen (secondary N) is 1. The number of hydrogen-bond acceptors (Lipinski definition) is 6. The van der Waals surface area contributed by atoms with E-state index < -0.39 is 52.2 Å². The van der Waals surface area contributed by atoms with Crippen LogP contribution in [0.5, 0.6) is 0 Å². The highest BCUT2D eigenvalue weighted by Gasteiger charge is 2.78. The van der Waals surface area contributed by atoms with Crippen molar-refractivity contribution in [1.29, 1.82) is 0 Å². The normalized spacial score (nSPS) is 29.4. The molecule has 8 heteroatoms. The number of aromatic amines is 1. The van der Waals surface area contributed by atoms with Crippen molar-refractivity contribution in [3.8, 4) is 0 Å². The van der Waals surface area contributed by atoms with Gasteiger partial charge in [-0.3, -0.25) is 14.5 Å². The number of H-pyrrole nitrogens is 1. The molecule has 8 nitrogen and oxygen atoms in total. The van der Waals surface area contributed by atoms with Crippen LogP contribution in [0.25, 0.3) is 10.9 Å². The van der Waals surface area contributed by atoms with Gasteiger partial charge in [-0.15, -0.1) is 0 Å². The Kier molecular flexibility index (Phi) is 4.77. The lowest BCUT2D eigenvalue weighted by Crippen LogP contribution is -2.64. The highest BCUT2D eigenvalue weighted by molar-refractivity contribution is 6.11. The van der Waals surface area contributed by atoms with Crippen LogP contribution >= 0.6 is 0 Å². The van der Waals surface area contributed by atoms with Crippen molar-refractivity contribution in [1.82, 2.24) is 9.88 Å². The Morgan fingerprint density at radius 2 is 1.80 bits per heavy atom. The maximum Gasteiger partial charge on any atom is 0.410 e. The SMILES string of the molecule is C=C[C@@]12OC(=O)[C@]3(C(=O)OC(C)(C)C)c4[nH]c5ccccc5c4[C@@H]1N(C(=O)OC(C)(C)C)CC[C@H]32. The molecule has 5 rings (SSSR count). The van der Waals surface area contributed by atoms with Gasteiger partial charge in [0.05, 0.1) is 5.69 Å². The summed E-state index contributed by atoms with van der Waals surface area (Å²) in [5.74, 6) is -1.93. The lowest BCUT2D eigenvalue weighted by molar-refractivity contribution is -0.168. The molecule has 35 heavy (non-hydrogen) atoms. The summed E-state index contributed by atoms with van der Waals surface area (Å²) in [5, 5.41) is 0.805. The lowest BCUT2D eigenvalue weighted by Gasteiger charge is -2.53. The van der Waals surface area contributed by atoms with Crippen molar-refractivity contribution in [2.75, 3.05) is 6.54 Å². The number of fused-ring (bicyclic) bond motifs is 5. The molecule has 2 aliphatic heterocycles. The second-order valence-electron chi connectivity index (χ2n) is 11.6. The van der Waals surface area contributed by atoms with E-state index in [1.54, 1.807) is 31.7 Å². The fraction of sp³-hybridized carbons (Fsp3) is 0.519. The van der Waals surface area contributed by atoms with E-state index in [-0.39, 0.29) is 0 Å². The number of esters is 2. The standard InChI is InChI=1S/C27H32N2O6/c1-8-26-17-13-14-29(23(32)35-25(5,6)7)20(26)18-15-11-9-10-12-16(15)28-19(18)27(17,22(31)34-26)21(30)33-24(2,3)4/h8-12,17,20,28H,1,13-14H2,2-7H3/t17-,20-,26-,27-/m0/s1. The van der Waals surface area contributed by atoms with Crippen LogP contribution in [-0.2, 0) is 29.2 Å². The summed E-state index contributed by atoms with van der Waals surface area (Å²) in [4.78, 5) is 46.1. The average molecular weight is 481 g/mol. The van der Waals surface area contributed by atoms with E-state index in [4.69, 9.17) is 14.2 Å². The quantitative estimate of drug-likeness (QED) is 0.293. The molecule has 1 aromatic carbocycles. The molecule has 1 aromatic heterocycles. The van der Waals surface area contributed by atoms with Gasteiger partial charge >= 0.3 is 18.0 Å². The van der Waals surface area contributed by atoms with E-state index in [1.807, 2.05) is 45.0 Å². The second-order valence-corrected chi connectivity index (χ2v) is 11.6. The van der Waals surface area contributed by atoms with Crippen molar-refractivity contribution in [3.63, 3.8) is 0 Å². The van der Waals surface area contributed by atoms with Crippen LogP contribution < -0.4 is 0 Å². The summed E-state index contributed by atoms with van der Waals surface area (Å²) >= 11 is 0. The number of amides is 1. The number of rotatable bonds is 2. The monoisotopic (exact) mass is 480 g/mol. The highest BCUT2D eigenvalue weighted by Crippen LogP contribution is 2.65. The zero-order valence-corrected chi connectivity index (χ0v) is 21.1. The number of benzene rings is 1. The molecule has 186 valence electrons. The van der Waals surface area contributed by atoms with Crippen LogP contribution in [-0.4, -0.2) is 51.3 Å². The van der Waals surface area contributed by atoms with Crippen molar-refractivity contribution in [2.24, 2.45) is 5.92 Å². The zero-order chi connectivity index (χ0) is 25.6. The summed E-state index contributed by atoms with van der Waals surface area (Å²) < 4.78 is 17.7. The summed E-state index contributed by atoms with van der Waals surface area (Å²) in [6, 6.07) is 6.85. The number of carbonyl (C=O) groups excluding carboxylic acids is 3. The second kappa shape index (κ2) is 7.12. The first kappa shape index (κ1) is 23.5. The smallest absolute Gasteiger partial charge is 0.410 e. The third-order valence-electron chi connectivity index (χ3n) is 7.14. The summed E-state index contributed by atoms with van der Waals surface area (Å²) in [6.45, 7) is 15.0. The molecule has 2 saturated heterocycles. The Hall–Kier alpha value is -3.29. The average Bonchev–Trinajstić information content (AvgIpc) is 3.20. The Morgan fingerprint density at radius 3 is 2.43 bits per heavy atom. The first-order valence-corrected chi connectivity index (χ1v) is 12.0. The van der Waals surface area contributed by atoms with E-state index >= 15 is 0 Å². The van der Waals surface area contributed by atoms with E-state index in [0.717, 1.165) is 10.9 Å². The van der Waals surface area contributed by atoms with Gasteiger partial charge in [0, 0.05) is 28.9 Å². The minimum Gasteiger partial charge on any atom is -0.459 e. The molecule has 3 aliphatic rings. The lowest BCUT2D eigenvalue weighted by atomic mass is 9.56. The van der Waals surface area contributed by atoms with E-state index in [9.17, 15) is 14.4 Å². The van der Waals surface area contributed by atoms with E-state index in [1.165, 1.54) is 0 Å². The number of piperidine rings is 1. The van der Waals surface area contributed by atoms with Gasteiger partial charge < -0.3 is 19.2 Å². The van der Waals surface area contributed by atoms with Gasteiger partial charge in [0.2, 0.25) is 5.41 Å². The number of para-hydroxylation sites is 1. The van der Waals surface area contributed by atoms with Gasteiger partial charge in [-0.2, -0.15) is 0 Å². The molecule has 0 unspecified atom stereocenters. The van der Waals surface area contributed by atoms with Crippen LogP contribution in [0.15, 0.2) is 36.9 Å². The van der Waals surface area contributed by atoms with Crippen molar-refractivity contribution in [3.05, 3.63) is 48.2 Å². The molecule has 0 radical (unpaired) electrons. The molecular formula is C27H32N2O6. The Labute approximate surface area is 204 Å². The van der Waals surface area contributed by atoms with Gasteiger partial charge in [0.15, 0.2) is 5.60 Å². The first-order chi connectivity index (χ1) is 16.3. The van der Waals surface area contributed by atoms with Gasteiger partial charge in [0.1, 0.15) is 17.2 Å². The van der Waals surface area contributed by atoms with Crippen molar-refractivity contribution >= 4 is 28.9 Å². The fourth-order valence-electron chi connectivity index (χ4n) is 6.04. The number of likely N-dealkylation sites (tertiary alicyclic amines) is 1. The molecule has 1 aliphatic carbocycles. The topological polar surface area (TPSA) is 97.9 Å². The Bertz CT molecular complexity index is 1260. The first-order valence-electron chi connectivity index (χ1n) is 12.0. The van der Waals surface area contributed by atoms with Gasteiger partial charge in [-0.05, 0) is 60.1 Å². The van der Waals surface area contributed by atoms with E-state index in [0.29, 0.717) is 24.2 Å². The molecule has 4 bridgehead atoms. The van der Waals surface area contributed by atoms with Gasteiger partial charge in [-0.1, -0.05) is 24.8 Å². The molecular weight excluding hydrogens is 448 g/mol. The number of aromatic nitrogens is 1. The van der Waals surface area contributed by atoms with Gasteiger partial charge in [0.25, 0.3) is 0 Å². The van der Waals surface area contributed by atoms with Gasteiger partial charge in [-0.25, -0.2) is 4.79 Å². The van der Waals surface area contributed by atoms with Crippen LogP contribution in [0, 0.1) is 5.92 Å². The van der Waals surface area contributed by atoms with Crippen LogP contribution in [0.1, 0.15) is 65.3 Å². The molecule has 1 amide bonds. The summed E-state index contributed by atoms with van der Waals surface area (Å²) in [7, 11) is 0. The fourth-order valence-corrected chi connectivity index (χ4v) is 6.04. The van der Waals surface area contributed by atoms with Crippen LogP contribution in [0.2, 0.25) is 0 Å². The maximum atomic E-state index is 13.9. The highest BCUT2D eigenvalue weighted by atomic mass is 16.6. The Morgan fingerprint density at radius 1 is 1.14 bits per heavy atom. The Balaban J connectivity index is 1.81. The molecule has 1 N–H and O–H groups in total. The number of ether oxygens (including phenoxy) is 3. The molecule has 2 aromatic rings. The molecule has 2 fully saturated rings. The largest absolute Gasteiger partial charge is 0.459 e. The van der Waals surface area contributed by atoms with Crippen LogP contribution in [0.3, 0.4) is 0 Å². The number of nitrogens with zero attached hydrogens (tertiary/aromatic N) is 1. The third kappa shape index (κ3) is 3.08. The predicted octanol–water partition coefficient (Wildman–Crippen LogP) is 4.54. The van der Waals surface area contributed by atoms with Crippen molar-refractivity contribution < 1.29 is 28.6 Å². The summed E-state index contributed by atoms with van der Waals surface area (Å²) in [5.41, 5.74) is -2.66. The zero-order valence-electron chi connectivity index (χ0n) is 21.1. The van der Waals surface area contributed by atoms with Crippen LogP contribution in [0.4, 0.5) is 4.79 Å². The number of carbonyl (C=O) groups is 3. The third-order valence-corrected chi connectivity index (χ3v) is 7.14. The minimum atomic E-state index is -1.69. The predicted molar refractivity (Wildman–Crippen MR) is 129 cm³/mol. The molecule has 0 spiro atoms. The maximum absolute atomic E-state index is 13.9. The van der Waals surface area contributed by atoms with Crippen molar-refractivity contribution in [2.45, 2.75) is 76.2 Å². The van der Waals surface area contributed by atoms with E-state index in [2.05, 4.69) is 11.6 Å². The molecule has 4 atom stereocenters. The number of hydrogen-bond donors (Lipinski definition) is 1.